The van der Waals surface area contributed by atoms with Gasteiger partial charge in [-0.1, -0.05) is 51.9 Å². The molecule has 0 bridgehead atoms. The van der Waals surface area contributed by atoms with Gasteiger partial charge in [0, 0.05) is 0 Å². The summed E-state index contributed by atoms with van der Waals surface area (Å²) in [5.74, 6) is 0. The van der Waals surface area contributed by atoms with E-state index in [4.69, 9.17) is 0 Å². The molecule has 0 unspecified atom stereocenters. The normalized spacial score (nSPS) is 18.0. The molecule has 0 N–H and O–H groups in total. The van der Waals surface area contributed by atoms with Crippen molar-refractivity contribution in [3.05, 3.63) is 0 Å². The van der Waals surface area contributed by atoms with E-state index in [9.17, 15) is 0 Å². The lowest BCUT2D eigenvalue weighted by Crippen LogP contribution is -3.00. The van der Waals surface area contributed by atoms with Crippen LogP contribution < -0.4 is 4.70 Å². The van der Waals surface area contributed by atoms with Gasteiger partial charge in [-0.25, -0.2) is 0 Å². The summed E-state index contributed by atoms with van der Waals surface area (Å²) in [4.78, 5) is 0. The maximum Gasteiger partial charge on any atom is 0.0784 e. The molecule has 2 heteroatoms. The van der Waals surface area contributed by atoms with Crippen LogP contribution in [0.3, 0.4) is 0 Å². The molecule has 0 aromatic rings. The predicted octanol–water partition coefficient (Wildman–Crippen LogP) is 2.15. The van der Waals surface area contributed by atoms with Crippen LogP contribution in [0, 0.1) is 0 Å². The standard InChI is InChI=1S/C17H36N.FH/c1-3-4-5-6-7-8-9-10-12-15-18(2)16-13-11-14-17-18;/h3-17H2,1-2H3;1H/q+1;/p-1. The largest absolute Gasteiger partial charge is 1.00 e. The minimum atomic E-state index is 0. The molecule has 1 aliphatic heterocycles. The van der Waals surface area contributed by atoms with Crippen LogP contribution in [0.4, 0.5) is 0 Å². The van der Waals surface area contributed by atoms with Gasteiger partial charge in [-0.3, -0.25) is 0 Å². The number of unbranched alkanes of at least 4 members (excludes halogenated alkanes) is 8. The van der Waals surface area contributed by atoms with Gasteiger partial charge < -0.3 is 9.19 Å². The number of nitrogens with zero attached hydrogens (tertiary/aromatic N) is 1. The number of hydrogen-bond donors (Lipinski definition) is 0. The van der Waals surface area contributed by atoms with E-state index < -0.39 is 0 Å². The average molecular weight is 273 g/mol. The van der Waals surface area contributed by atoms with Gasteiger partial charge in [0.05, 0.1) is 26.7 Å². The van der Waals surface area contributed by atoms with E-state index in [1.54, 1.807) is 0 Å². The summed E-state index contributed by atoms with van der Waals surface area (Å²) in [5.41, 5.74) is 0. The number of quaternary nitrogens is 1. The van der Waals surface area contributed by atoms with Crippen molar-refractivity contribution in [2.24, 2.45) is 0 Å². The van der Waals surface area contributed by atoms with Gasteiger partial charge in [-0.05, 0) is 32.1 Å². The minimum Gasteiger partial charge on any atom is -1.00 e. The third-order valence-electron chi connectivity index (χ3n) is 4.70. The average Bonchev–Trinajstić information content (AvgIpc) is 2.38. The van der Waals surface area contributed by atoms with Gasteiger partial charge in [0.1, 0.15) is 0 Å². The number of rotatable bonds is 10. The molecule has 0 aromatic carbocycles. The second-order valence-electron chi connectivity index (χ2n) is 6.68. The summed E-state index contributed by atoms with van der Waals surface area (Å²) in [6.07, 6.45) is 17.5. The van der Waals surface area contributed by atoms with Crippen molar-refractivity contribution in [2.75, 3.05) is 26.7 Å². The van der Waals surface area contributed by atoms with E-state index in [2.05, 4.69) is 14.0 Å². The first kappa shape index (κ1) is 18.9. The number of likely N-dealkylation sites (tertiary alicyclic amines) is 1. The highest BCUT2D eigenvalue weighted by Gasteiger charge is 2.23. The molecule has 1 nitrogen and oxygen atoms in total. The molecule has 0 atom stereocenters. The molecular formula is C17H36FN. The zero-order valence-electron chi connectivity index (χ0n) is 13.4. The quantitative estimate of drug-likeness (QED) is 0.423. The van der Waals surface area contributed by atoms with Crippen molar-refractivity contribution < 1.29 is 9.19 Å². The fourth-order valence-corrected chi connectivity index (χ4v) is 3.30. The molecule has 1 heterocycles. The highest BCUT2D eigenvalue weighted by Crippen LogP contribution is 2.18. The third-order valence-corrected chi connectivity index (χ3v) is 4.70. The van der Waals surface area contributed by atoms with Crippen molar-refractivity contribution in [3.8, 4) is 0 Å². The van der Waals surface area contributed by atoms with E-state index in [0.29, 0.717) is 0 Å². The van der Waals surface area contributed by atoms with Gasteiger partial charge in [0.15, 0.2) is 0 Å². The van der Waals surface area contributed by atoms with E-state index >= 15 is 0 Å². The van der Waals surface area contributed by atoms with Crippen molar-refractivity contribution >= 4 is 0 Å². The summed E-state index contributed by atoms with van der Waals surface area (Å²) in [6.45, 7) is 6.62. The van der Waals surface area contributed by atoms with Crippen molar-refractivity contribution in [2.45, 2.75) is 84.0 Å². The topological polar surface area (TPSA) is 0 Å². The summed E-state index contributed by atoms with van der Waals surface area (Å²) in [6, 6.07) is 0. The zero-order valence-corrected chi connectivity index (χ0v) is 13.4. The van der Waals surface area contributed by atoms with Crippen molar-refractivity contribution in [3.63, 3.8) is 0 Å². The van der Waals surface area contributed by atoms with Crippen molar-refractivity contribution in [1.82, 2.24) is 0 Å². The van der Waals surface area contributed by atoms with Crippen LogP contribution in [0.25, 0.3) is 0 Å². The SMILES string of the molecule is CCCCCCCCCCC[N+]1(C)CCCCC1.[F-]. The lowest BCUT2D eigenvalue weighted by atomic mass is 10.1. The molecule has 0 aromatic heterocycles. The zero-order chi connectivity index (χ0) is 13.1. The van der Waals surface area contributed by atoms with E-state index in [-0.39, 0.29) is 4.70 Å². The van der Waals surface area contributed by atoms with Crippen LogP contribution in [-0.4, -0.2) is 31.2 Å². The van der Waals surface area contributed by atoms with Crippen LogP contribution >= 0.6 is 0 Å². The Balaban J connectivity index is 0.00000324. The first-order valence-corrected chi connectivity index (χ1v) is 8.60. The first-order valence-electron chi connectivity index (χ1n) is 8.60. The Morgan fingerprint density at radius 1 is 0.684 bits per heavy atom. The Bertz CT molecular complexity index is 188. The molecule has 1 fully saturated rings. The lowest BCUT2D eigenvalue weighted by Gasteiger charge is -2.37. The number of hydrogen-bond acceptors (Lipinski definition) is 0. The smallest absolute Gasteiger partial charge is 0.0784 e. The highest BCUT2D eigenvalue weighted by atomic mass is 19.0. The molecule has 0 spiro atoms. The maximum atomic E-state index is 2.48. The van der Waals surface area contributed by atoms with Gasteiger partial charge in [-0.2, -0.15) is 0 Å². The molecule has 0 aliphatic carbocycles. The Labute approximate surface area is 120 Å². The van der Waals surface area contributed by atoms with Gasteiger partial charge >= 0.3 is 0 Å². The fraction of sp³-hybridized carbons (Fsp3) is 1.00. The van der Waals surface area contributed by atoms with E-state index in [1.165, 1.54) is 101 Å². The molecule has 0 amide bonds. The van der Waals surface area contributed by atoms with Gasteiger partial charge in [0.25, 0.3) is 0 Å². The summed E-state index contributed by atoms with van der Waals surface area (Å²) >= 11 is 0. The molecule has 1 rings (SSSR count). The van der Waals surface area contributed by atoms with Gasteiger partial charge in [0.2, 0.25) is 0 Å². The Morgan fingerprint density at radius 3 is 1.68 bits per heavy atom. The van der Waals surface area contributed by atoms with E-state index in [1.807, 2.05) is 0 Å². The fourth-order valence-electron chi connectivity index (χ4n) is 3.30. The van der Waals surface area contributed by atoms with E-state index in [0.717, 1.165) is 0 Å². The minimum absolute atomic E-state index is 0. The van der Waals surface area contributed by atoms with Gasteiger partial charge in [-0.15, -0.1) is 0 Å². The maximum absolute atomic E-state index is 2.48. The van der Waals surface area contributed by atoms with Crippen molar-refractivity contribution in [1.29, 1.82) is 0 Å². The van der Waals surface area contributed by atoms with Crippen LogP contribution in [-0.2, 0) is 0 Å². The summed E-state index contributed by atoms with van der Waals surface area (Å²) < 4.78 is 1.37. The molecule has 116 valence electrons. The Morgan fingerprint density at radius 2 is 1.16 bits per heavy atom. The first-order chi connectivity index (χ1) is 8.77. The number of piperidine rings is 1. The molecule has 1 saturated heterocycles. The second-order valence-corrected chi connectivity index (χ2v) is 6.68. The van der Waals surface area contributed by atoms with Crippen LogP contribution in [0.5, 0.6) is 0 Å². The number of halogens is 1. The monoisotopic (exact) mass is 273 g/mol. The molecule has 1 aliphatic rings. The molecular weight excluding hydrogens is 237 g/mol. The van der Waals surface area contributed by atoms with Crippen LogP contribution in [0.2, 0.25) is 0 Å². The Kier molecular flexibility index (Phi) is 11.6. The third kappa shape index (κ3) is 9.43. The Hall–Kier alpha value is -0.110. The second kappa shape index (κ2) is 11.7. The highest BCUT2D eigenvalue weighted by molar-refractivity contribution is 4.53. The predicted molar refractivity (Wildman–Crippen MR) is 81.9 cm³/mol. The summed E-state index contributed by atoms with van der Waals surface area (Å²) in [7, 11) is 2.48. The lowest BCUT2D eigenvalue weighted by molar-refractivity contribution is -0.914. The molecule has 19 heavy (non-hydrogen) atoms. The van der Waals surface area contributed by atoms with Crippen LogP contribution in [0.15, 0.2) is 0 Å². The summed E-state index contributed by atoms with van der Waals surface area (Å²) in [5, 5.41) is 0. The van der Waals surface area contributed by atoms with Crippen LogP contribution in [0.1, 0.15) is 84.0 Å². The molecule has 0 radical (unpaired) electrons. The molecule has 0 saturated carbocycles.